The van der Waals surface area contributed by atoms with E-state index in [4.69, 9.17) is 4.74 Å². The Morgan fingerprint density at radius 1 is 1.21 bits per heavy atom. The molecular formula is C22H27N3O4. The lowest BCUT2D eigenvalue weighted by Crippen LogP contribution is -2.51. The maximum absolute atomic E-state index is 12.4. The van der Waals surface area contributed by atoms with Gasteiger partial charge < -0.3 is 20.5 Å². The van der Waals surface area contributed by atoms with Gasteiger partial charge in [-0.3, -0.25) is 14.6 Å². The zero-order chi connectivity index (χ0) is 20.6. The Morgan fingerprint density at radius 2 is 2.00 bits per heavy atom. The van der Waals surface area contributed by atoms with Crippen molar-refractivity contribution in [2.45, 2.75) is 50.5 Å². The Hall–Kier alpha value is -2.77. The first kappa shape index (κ1) is 21.0. The number of nitrogens with one attached hydrogen (secondary N) is 2. The summed E-state index contributed by atoms with van der Waals surface area (Å²) >= 11 is 0. The third-order valence-corrected chi connectivity index (χ3v) is 5.13. The molecule has 0 bridgehead atoms. The standard InChI is InChI=1S/C22H27N3O4/c1-15(16-6-3-2-4-7-16)24-21(27)12-18-9-10-19(20(14-26)29-18)25-22(28)17-8-5-11-23-13-17/h2-8,11,13,15,18-20,26H,9-10,12,14H2,1H3,(H,24,27)(H,25,28)/t15-,18-,19+,20+/m0/s1. The van der Waals surface area contributed by atoms with Crippen molar-refractivity contribution in [3.8, 4) is 0 Å². The molecule has 1 aliphatic rings. The number of pyridine rings is 1. The van der Waals surface area contributed by atoms with Crippen LogP contribution in [-0.4, -0.2) is 46.8 Å². The Kier molecular flexibility index (Phi) is 7.32. The van der Waals surface area contributed by atoms with E-state index in [1.165, 1.54) is 6.20 Å². The quantitative estimate of drug-likeness (QED) is 0.663. The molecule has 1 aromatic carbocycles. The largest absolute Gasteiger partial charge is 0.394 e. The van der Waals surface area contributed by atoms with E-state index in [1.54, 1.807) is 18.3 Å². The van der Waals surface area contributed by atoms with Crippen LogP contribution >= 0.6 is 0 Å². The first-order chi connectivity index (χ1) is 14.1. The molecule has 7 nitrogen and oxygen atoms in total. The number of ether oxygens (including phenoxy) is 1. The topological polar surface area (TPSA) is 101 Å². The summed E-state index contributed by atoms with van der Waals surface area (Å²) in [5.41, 5.74) is 1.50. The van der Waals surface area contributed by atoms with Gasteiger partial charge in [0.2, 0.25) is 5.91 Å². The highest BCUT2D eigenvalue weighted by Gasteiger charge is 2.33. The number of amides is 2. The van der Waals surface area contributed by atoms with Gasteiger partial charge in [0.25, 0.3) is 5.91 Å². The molecule has 3 N–H and O–H groups in total. The molecule has 0 aliphatic carbocycles. The van der Waals surface area contributed by atoms with Gasteiger partial charge in [0.15, 0.2) is 0 Å². The minimum absolute atomic E-state index is 0.0903. The number of aliphatic hydroxyl groups is 1. The Bertz CT molecular complexity index is 800. The Labute approximate surface area is 170 Å². The molecule has 1 aromatic heterocycles. The number of hydrogen-bond acceptors (Lipinski definition) is 5. The summed E-state index contributed by atoms with van der Waals surface area (Å²) < 4.78 is 5.90. The van der Waals surface area contributed by atoms with Crippen molar-refractivity contribution in [3.63, 3.8) is 0 Å². The third-order valence-electron chi connectivity index (χ3n) is 5.13. The van der Waals surface area contributed by atoms with Crippen LogP contribution in [0.3, 0.4) is 0 Å². The molecule has 0 unspecified atom stereocenters. The van der Waals surface area contributed by atoms with Crippen LogP contribution in [-0.2, 0) is 9.53 Å². The van der Waals surface area contributed by atoms with Crippen LogP contribution < -0.4 is 10.6 Å². The van der Waals surface area contributed by atoms with Crippen LogP contribution in [0.25, 0.3) is 0 Å². The minimum atomic E-state index is -0.547. The second-order valence-corrected chi connectivity index (χ2v) is 7.28. The number of carbonyl (C=O) groups is 2. The van der Waals surface area contributed by atoms with Gasteiger partial charge in [-0.2, -0.15) is 0 Å². The van der Waals surface area contributed by atoms with Crippen LogP contribution in [0.1, 0.15) is 48.1 Å². The monoisotopic (exact) mass is 397 g/mol. The van der Waals surface area contributed by atoms with Gasteiger partial charge in [0, 0.05) is 12.4 Å². The van der Waals surface area contributed by atoms with Gasteiger partial charge in [-0.05, 0) is 37.5 Å². The smallest absolute Gasteiger partial charge is 0.253 e. The van der Waals surface area contributed by atoms with E-state index >= 15 is 0 Å². The fourth-order valence-corrected chi connectivity index (χ4v) is 3.53. The van der Waals surface area contributed by atoms with Crippen molar-refractivity contribution in [1.29, 1.82) is 0 Å². The minimum Gasteiger partial charge on any atom is -0.394 e. The molecule has 29 heavy (non-hydrogen) atoms. The molecule has 4 atom stereocenters. The van der Waals surface area contributed by atoms with E-state index in [0.717, 1.165) is 5.56 Å². The van der Waals surface area contributed by atoms with Gasteiger partial charge in [-0.15, -0.1) is 0 Å². The first-order valence-corrected chi connectivity index (χ1v) is 9.88. The predicted octanol–water partition coefficient (Wildman–Crippen LogP) is 1.99. The second kappa shape index (κ2) is 10.1. The highest BCUT2D eigenvalue weighted by Crippen LogP contribution is 2.23. The van der Waals surface area contributed by atoms with Crippen LogP contribution in [0.5, 0.6) is 0 Å². The molecule has 0 spiro atoms. The molecule has 1 saturated heterocycles. The van der Waals surface area contributed by atoms with Crippen molar-refractivity contribution >= 4 is 11.8 Å². The molecule has 2 heterocycles. The summed E-state index contributed by atoms with van der Waals surface area (Å²) in [6.45, 7) is 1.71. The van der Waals surface area contributed by atoms with Crippen LogP contribution in [0.2, 0.25) is 0 Å². The molecule has 154 valence electrons. The van der Waals surface area contributed by atoms with Gasteiger partial charge in [-0.1, -0.05) is 30.3 Å². The highest BCUT2D eigenvalue weighted by atomic mass is 16.5. The molecule has 0 saturated carbocycles. The van der Waals surface area contributed by atoms with E-state index < -0.39 is 6.10 Å². The van der Waals surface area contributed by atoms with Gasteiger partial charge >= 0.3 is 0 Å². The number of carbonyl (C=O) groups excluding carboxylic acids is 2. The average Bonchev–Trinajstić information content (AvgIpc) is 2.75. The van der Waals surface area contributed by atoms with Crippen molar-refractivity contribution < 1.29 is 19.4 Å². The number of rotatable bonds is 7. The van der Waals surface area contributed by atoms with Crippen molar-refractivity contribution in [2.75, 3.05) is 6.61 Å². The molecule has 0 radical (unpaired) electrons. The second-order valence-electron chi connectivity index (χ2n) is 7.28. The maximum atomic E-state index is 12.4. The van der Waals surface area contributed by atoms with Gasteiger partial charge in [0.1, 0.15) is 6.10 Å². The van der Waals surface area contributed by atoms with E-state index in [1.807, 2.05) is 37.3 Å². The molecule has 2 amide bonds. The number of aromatic nitrogens is 1. The fraction of sp³-hybridized carbons (Fsp3) is 0.409. The summed E-state index contributed by atoms with van der Waals surface area (Å²) in [7, 11) is 0. The number of nitrogens with zero attached hydrogens (tertiary/aromatic N) is 1. The summed E-state index contributed by atoms with van der Waals surface area (Å²) in [5, 5.41) is 15.6. The van der Waals surface area contributed by atoms with E-state index in [0.29, 0.717) is 18.4 Å². The number of hydrogen-bond donors (Lipinski definition) is 3. The fourth-order valence-electron chi connectivity index (χ4n) is 3.53. The van der Waals surface area contributed by atoms with Crippen LogP contribution in [0, 0.1) is 0 Å². The summed E-state index contributed by atoms with van der Waals surface area (Å²) in [6.07, 6.45) is 3.73. The first-order valence-electron chi connectivity index (χ1n) is 9.88. The van der Waals surface area contributed by atoms with E-state index in [-0.39, 0.29) is 43.0 Å². The lowest BCUT2D eigenvalue weighted by atomic mass is 9.96. The molecule has 7 heteroatoms. The third kappa shape index (κ3) is 5.85. The van der Waals surface area contributed by atoms with Gasteiger partial charge in [0.05, 0.1) is 36.8 Å². The average molecular weight is 397 g/mol. The maximum Gasteiger partial charge on any atom is 0.253 e. The Morgan fingerprint density at radius 3 is 2.69 bits per heavy atom. The molecular weight excluding hydrogens is 370 g/mol. The summed E-state index contributed by atoms with van der Waals surface area (Å²) in [4.78, 5) is 28.7. The van der Waals surface area contributed by atoms with E-state index in [2.05, 4.69) is 15.6 Å². The molecule has 1 aliphatic heterocycles. The lowest BCUT2D eigenvalue weighted by Gasteiger charge is -2.36. The Balaban J connectivity index is 1.50. The zero-order valence-electron chi connectivity index (χ0n) is 16.5. The molecule has 1 fully saturated rings. The van der Waals surface area contributed by atoms with Gasteiger partial charge in [-0.25, -0.2) is 0 Å². The molecule has 3 rings (SSSR count). The summed E-state index contributed by atoms with van der Waals surface area (Å²) in [6, 6.07) is 12.7. The van der Waals surface area contributed by atoms with Crippen LogP contribution in [0.15, 0.2) is 54.9 Å². The number of benzene rings is 1. The summed E-state index contributed by atoms with van der Waals surface area (Å²) in [5.74, 6) is -0.348. The molecule has 2 aromatic rings. The van der Waals surface area contributed by atoms with Crippen molar-refractivity contribution in [3.05, 3.63) is 66.0 Å². The SMILES string of the molecule is C[C@H](NC(=O)C[C@@H]1CC[C@@H](NC(=O)c2cccnc2)[C@@H](CO)O1)c1ccccc1. The van der Waals surface area contributed by atoms with Crippen LogP contribution in [0.4, 0.5) is 0 Å². The lowest BCUT2D eigenvalue weighted by molar-refractivity contribution is -0.131. The number of aliphatic hydroxyl groups excluding tert-OH is 1. The van der Waals surface area contributed by atoms with Crippen molar-refractivity contribution in [2.24, 2.45) is 0 Å². The van der Waals surface area contributed by atoms with E-state index in [9.17, 15) is 14.7 Å². The van der Waals surface area contributed by atoms with Crippen molar-refractivity contribution in [1.82, 2.24) is 15.6 Å². The normalized spacial score (nSPS) is 22.5. The highest BCUT2D eigenvalue weighted by molar-refractivity contribution is 5.94. The zero-order valence-corrected chi connectivity index (χ0v) is 16.5. The predicted molar refractivity (Wildman–Crippen MR) is 108 cm³/mol.